The van der Waals surface area contributed by atoms with Crippen LogP contribution in [-0.2, 0) is 9.53 Å². The van der Waals surface area contributed by atoms with Gasteiger partial charge < -0.3 is 9.64 Å². The lowest BCUT2D eigenvalue weighted by Crippen LogP contribution is -2.34. The molecule has 4 nitrogen and oxygen atoms in total. The molecule has 0 aliphatic carbocycles. The quantitative estimate of drug-likeness (QED) is 0.796. The second kappa shape index (κ2) is 7.41. The number of nitrogens with zero attached hydrogens (tertiary/aromatic N) is 1. The van der Waals surface area contributed by atoms with Crippen LogP contribution in [0.15, 0.2) is 54.6 Å². The number of ether oxygens (including phenoxy) is 1. The van der Waals surface area contributed by atoms with Gasteiger partial charge in [-0.3, -0.25) is 4.79 Å². The summed E-state index contributed by atoms with van der Waals surface area (Å²) in [5.41, 5.74) is 2.11. The molecular weight excluding hydrogens is 278 g/mol. The van der Waals surface area contributed by atoms with Gasteiger partial charge in [0.05, 0.1) is 5.56 Å². The van der Waals surface area contributed by atoms with Crippen molar-refractivity contribution in [2.24, 2.45) is 0 Å². The molecule has 0 N–H and O–H groups in total. The SMILES string of the molecule is CCN(C(=O)COC(=O)c1ccccc1C)c1ccccc1. The third-order valence-corrected chi connectivity index (χ3v) is 3.38. The Labute approximate surface area is 130 Å². The van der Waals surface area contributed by atoms with E-state index in [1.165, 1.54) is 0 Å². The molecule has 0 aromatic heterocycles. The van der Waals surface area contributed by atoms with Crippen LogP contribution in [0, 0.1) is 6.92 Å². The summed E-state index contributed by atoms with van der Waals surface area (Å²) in [7, 11) is 0. The predicted octanol–water partition coefficient (Wildman–Crippen LogP) is 3.20. The maximum Gasteiger partial charge on any atom is 0.338 e. The van der Waals surface area contributed by atoms with Crippen molar-refractivity contribution in [2.75, 3.05) is 18.1 Å². The van der Waals surface area contributed by atoms with E-state index >= 15 is 0 Å². The van der Waals surface area contributed by atoms with Gasteiger partial charge in [0.1, 0.15) is 0 Å². The zero-order valence-electron chi connectivity index (χ0n) is 12.8. The molecular formula is C18H19NO3. The Hall–Kier alpha value is -2.62. The summed E-state index contributed by atoms with van der Waals surface area (Å²) in [5, 5.41) is 0. The number of carbonyl (C=O) groups is 2. The first-order valence-corrected chi connectivity index (χ1v) is 7.21. The van der Waals surface area contributed by atoms with Crippen LogP contribution in [0.2, 0.25) is 0 Å². The minimum atomic E-state index is -0.476. The van der Waals surface area contributed by atoms with Crippen LogP contribution in [0.25, 0.3) is 0 Å². The van der Waals surface area contributed by atoms with Gasteiger partial charge in [-0.2, -0.15) is 0 Å². The number of aryl methyl sites for hydroxylation is 1. The van der Waals surface area contributed by atoms with E-state index < -0.39 is 5.97 Å². The fraction of sp³-hybridized carbons (Fsp3) is 0.222. The molecule has 0 fully saturated rings. The van der Waals surface area contributed by atoms with Gasteiger partial charge >= 0.3 is 5.97 Å². The van der Waals surface area contributed by atoms with Gasteiger partial charge in [-0.05, 0) is 37.6 Å². The summed E-state index contributed by atoms with van der Waals surface area (Å²) >= 11 is 0. The molecule has 0 atom stereocenters. The molecule has 0 heterocycles. The highest BCUT2D eigenvalue weighted by Crippen LogP contribution is 2.14. The number of amides is 1. The Bertz CT molecular complexity index is 652. The van der Waals surface area contributed by atoms with Crippen LogP contribution in [-0.4, -0.2) is 25.0 Å². The van der Waals surface area contributed by atoms with Crippen LogP contribution in [0.3, 0.4) is 0 Å². The van der Waals surface area contributed by atoms with Gasteiger partial charge in [-0.1, -0.05) is 36.4 Å². The summed E-state index contributed by atoms with van der Waals surface area (Å²) in [6, 6.07) is 16.5. The van der Waals surface area contributed by atoms with E-state index in [9.17, 15) is 9.59 Å². The maximum atomic E-state index is 12.2. The molecule has 2 aromatic carbocycles. The van der Waals surface area contributed by atoms with Gasteiger partial charge in [0, 0.05) is 12.2 Å². The van der Waals surface area contributed by atoms with Crippen molar-refractivity contribution in [3.63, 3.8) is 0 Å². The molecule has 22 heavy (non-hydrogen) atoms. The van der Waals surface area contributed by atoms with Gasteiger partial charge in [0.25, 0.3) is 5.91 Å². The summed E-state index contributed by atoms with van der Waals surface area (Å²) in [6.45, 7) is 3.97. The first kappa shape index (κ1) is 15.8. The summed E-state index contributed by atoms with van der Waals surface area (Å²) in [4.78, 5) is 25.9. The highest BCUT2D eigenvalue weighted by molar-refractivity contribution is 5.97. The first-order valence-electron chi connectivity index (χ1n) is 7.21. The lowest BCUT2D eigenvalue weighted by atomic mass is 10.1. The number of hydrogen-bond donors (Lipinski definition) is 0. The van der Waals surface area contributed by atoms with E-state index in [-0.39, 0.29) is 12.5 Å². The Kier molecular flexibility index (Phi) is 5.31. The molecule has 0 saturated heterocycles. The van der Waals surface area contributed by atoms with Crippen molar-refractivity contribution in [3.8, 4) is 0 Å². The predicted molar refractivity (Wildman–Crippen MR) is 85.9 cm³/mol. The third kappa shape index (κ3) is 3.73. The molecule has 0 aliphatic rings. The Balaban J connectivity index is 2.00. The van der Waals surface area contributed by atoms with E-state index in [0.29, 0.717) is 12.1 Å². The molecule has 0 spiro atoms. The van der Waals surface area contributed by atoms with Crippen molar-refractivity contribution in [2.45, 2.75) is 13.8 Å². The molecule has 0 unspecified atom stereocenters. The number of benzene rings is 2. The topological polar surface area (TPSA) is 46.6 Å². The van der Waals surface area contributed by atoms with E-state index in [0.717, 1.165) is 11.3 Å². The zero-order chi connectivity index (χ0) is 15.9. The third-order valence-electron chi connectivity index (χ3n) is 3.38. The summed E-state index contributed by atoms with van der Waals surface area (Å²) < 4.78 is 5.14. The maximum absolute atomic E-state index is 12.2. The molecule has 0 radical (unpaired) electrons. The van der Waals surface area contributed by atoms with E-state index in [1.54, 1.807) is 17.0 Å². The molecule has 0 bridgehead atoms. The normalized spacial score (nSPS) is 10.1. The summed E-state index contributed by atoms with van der Waals surface area (Å²) in [6.07, 6.45) is 0. The minimum absolute atomic E-state index is 0.240. The fourth-order valence-electron chi connectivity index (χ4n) is 2.20. The lowest BCUT2D eigenvalue weighted by Gasteiger charge is -2.20. The van der Waals surface area contributed by atoms with E-state index in [2.05, 4.69) is 0 Å². The van der Waals surface area contributed by atoms with Crippen molar-refractivity contribution < 1.29 is 14.3 Å². The van der Waals surface area contributed by atoms with Crippen molar-refractivity contribution in [1.29, 1.82) is 0 Å². The molecule has 2 rings (SSSR count). The van der Waals surface area contributed by atoms with Gasteiger partial charge in [-0.25, -0.2) is 4.79 Å². The molecule has 2 aromatic rings. The van der Waals surface area contributed by atoms with Gasteiger partial charge in [0.15, 0.2) is 6.61 Å². The van der Waals surface area contributed by atoms with E-state index in [1.807, 2.05) is 56.3 Å². The summed E-state index contributed by atoms with van der Waals surface area (Å²) in [5.74, 6) is -0.716. The highest BCUT2D eigenvalue weighted by Gasteiger charge is 2.17. The Morgan fingerprint density at radius 1 is 1.00 bits per heavy atom. The van der Waals surface area contributed by atoms with Crippen LogP contribution in [0.5, 0.6) is 0 Å². The van der Waals surface area contributed by atoms with Crippen LogP contribution < -0.4 is 4.90 Å². The second-order valence-electron chi connectivity index (χ2n) is 4.86. The molecule has 4 heteroatoms. The molecule has 0 saturated carbocycles. The number of rotatable bonds is 5. The van der Waals surface area contributed by atoms with Crippen LogP contribution in [0.4, 0.5) is 5.69 Å². The molecule has 0 aliphatic heterocycles. The van der Waals surface area contributed by atoms with Crippen LogP contribution >= 0.6 is 0 Å². The number of esters is 1. The smallest absolute Gasteiger partial charge is 0.338 e. The fourth-order valence-corrected chi connectivity index (χ4v) is 2.20. The van der Waals surface area contributed by atoms with Gasteiger partial charge in [0.2, 0.25) is 0 Å². The Morgan fingerprint density at radius 2 is 1.64 bits per heavy atom. The highest BCUT2D eigenvalue weighted by atomic mass is 16.5. The number of para-hydroxylation sites is 1. The Morgan fingerprint density at radius 3 is 2.27 bits per heavy atom. The monoisotopic (exact) mass is 297 g/mol. The first-order chi connectivity index (χ1) is 10.6. The number of anilines is 1. The largest absolute Gasteiger partial charge is 0.452 e. The van der Waals surface area contributed by atoms with Gasteiger partial charge in [-0.15, -0.1) is 0 Å². The second-order valence-corrected chi connectivity index (χ2v) is 4.86. The molecule has 114 valence electrons. The van der Waals surface area contributed by atoms with Crippen LogP contribution in [0.1, 0.15) is 22.8 Å². The number of carbonyl (C=O) groups excluding carboxylic acids is 2. The van der Waals surface area contributed by atoms with Crippen molar-refractivity contribution >= 4 is 17.6 Å². The lowest BCUT2D eigenvalue weighted by molar-refractivity contribution is -0.121. The molecule has 1 amide bonds. The number of likely N-dealkylation sites (N-methyl/N-ethyl adjacent to an activating group) is 1. The number of hydrogen-bond acceptors (Lipinski definition) is 3. The average molecular weight is 297 g/mol. The average Bonchev–Trinajstić information content (AvgIpc) is 2.55. The van der Waals surface area contributed by atoms with Crippen molar-refractivity contribution in [3.05, 3.63) is 65.7 Å². The van der Waals surface area contributed by atoms with E-state index in [4.69, 9.17) is 4.74 Å². The standard InChI is InChI=1S/C18H19NO3/c1-3-19(15-10-5-4-6-11-15)17(20)13-22-18(21)16-12-8-7-9-14(16)2/h4-12H,3,13H2,1-2H3. The van der Waals surface area contributed by atoms with Crippen molar-refractivity contribution in [1.82, 2.24) is 0 Å². The minimum Gasteiger partial charge on any atom is -0.452 e. The zero-order valence-corrected chi connectivity index (χ0v) is 12.8.